The smallest absolute Gasteiger partial charge is 0.0839 e. The largest absolute Gasteiger partial charge is 0.393 e. The fraction of sp³-hybridized carbons (Fsp3) is 1.00. The van der Waals surface area contributed by atoms with Gasteiger partial charge in [0.2, 0.25) is 0 Å². The molecule has 10 unspecified atom stereocenters. The second-order valence-corrected chi connectivity index (χ2v) is 11.0. The Morgan fingerprint density at radius 1 is 0.767 bits per heavy atom. The molecule has 10 atom stereocenters. The average molecular weight is 427 g/mol. The van der Waals surface area contributed by atoms with E-state index in [4.69, 9.17) is 9.47 Å². The Kier molecular flexibility index (Phi) is 9.04. The molecular formula is C25H46O5. The molecule has 0 radical (unpaired) electrons. The predicted molar refractivity (Wildman–Crippen MR) is 118 cm³/mol. The zero-order valence-corrected chi connectivity index (χ0v) is 19.6. The van der Waals surface area contributed by atoms with Crippen molar-refractivity contribution in [3.05, 3.63) is 0 Å². The maximum atomic E-state index is 11.2. The Labute approximate surface area is 183 Å². The molecule has 0 aromatic heterocycles. The van der Waals surface area contributed by atoms with E-state index in [1.54, 1.807) is 0 Å². The Morgan fingerprint density at radius 2 is 1.47 bits per heavy atom. The molecule has 3 aliphatic rings. The first-order valence-corrected chi connectivity index (χ1v) is 12.5. The van der Waals surface area contributed by atoms with Gasteiger partial charge < -0.3 is 24.8 Å². The highest BCUT2D eigenvalue weighted by atomic mass is 16.5. The van der Waals surface area contributed by atoms with Gasteiger partial charge in [-0.05, 0) is 61.7 Å². The highest BCUT2D eigenvalue weighted by Gasteiger charge is 2.41. The fourth-order valence-electron chi connectivity index (χ4n) is 6.44. The van der Waals surface area contributed by atoms with Gasteiger partial charge in [0.15, 0.2) is 0 Å². The summed E-state index contributed by atoms with van der Waals surface area (Å²) < 4.78 is 11.9. The van der Waals surface area contributed by atoms with Crippen LogP contribution in [0.15, 0.2) is 0 Å². The van der Waals surface area contributed by atoms with Gasteiger partial charge in [-0.15, -0.1) is 0 Å². The molecule has 0 bridgehead atoms. The summed E-state index contributed by atoms with van der Waals surface area (Å²) >= 11 is 0. The summed E-state index contributed by atoms with van der Waals surface area (Å²) in [4.78, 5) is 0. The molecule has 2 saturated heterocycles. The molecular weight excluding hydrogens is 380 g/mol. The van der Waals surface area contributed by atoms with Crippen LogP contribution in [0.25, 0.3) is 0 Å². The summed E-state index contributed by atoms with van der Waals surface area (Å²) in [6.07, 6.45) is 5.79. The second kappa shape index (κ2) is 11.1. The molecule has 2 heterocycles. The van der Waals surface area contributed by atoms with E-state index < -0.39 is 12.2 Å². The topological polar surface area (TPSA) is 79.2 Å². The predicted octanol–water partition coefficient (Wildman–Crippen LogP) is 3.64. The highest BCUT2D eigenvalue weighted by Crippen LogP contribution is 2.39. The Bertz CT molecular complexity index is 512. The van der Waals surface area contributed by atoms with E-state index in [0.717, 1.165) is 38.5 Å². The van der Waals surface area contributed by atoms with Crippen molar-refractivity contribution < 1.29 is 24.8 Å². The van der Waals surface area contributed by atoms with Crippen LogP contribution in [0.1, 0.15) is 72.6 Å². The third-order valence-corrected chi connectivity index (χ3v) is 8.54. The van der Waals surface area contributed by atoms with Crippen molar-refractivity contribution >= 4 is 0 Å². The van der Waals surface area contributed by atoms with Crippen LogP contribution in [-0.4, -0.2) is 59.6 Å². The summed E-state index contributed by atoms with van der Waals surface area (Å²) in [5.41, 5.74) is 0. The summed E-state index contributed by atoms with van der Waals surface area (Å²) in [6.45, 7) is 10.7. The Balaban J connectivity index is 1.55. The van der Waals surface area contributed by atoms with Crippen LogP contribution in [0.3, 0.4) is 0 Å². The lowest BCUT2D eigenvalue weighted by Gasteiger charge is -2.43. The van der Waals surface area contributed by atoms with E-state index in [2.05, 4.69) is 27.7 Å². The van der Waals surface area contributed by atoms with E-state index >= 15 is 0 Å². The molecule has 176 valence electrons. The van der Waals surface area contributed by atoms with E-state index in [1.165, 1.54) is 6.42 Å². The van der Waals surface area contributed by atoms with E-state index in [0.29, 0.717) is 43.5 Å². The van der Waals surface area contributed by atoms with Crippen LogP contribution in [0.2, 0.25) is 0 Å². The van der Waals surface area contributed by atoms with Crippen molar-refractivity contribution in [1.82, 2.24) is 0 Å². The number of hydrogen-bond acceptors (Lipinski definition) is 5. The minimum absolute atomic E-state index is 0.0717. The summed E-state index contributed by atoms with van der Waals surface area (Å²) in [7, 11) is 0. The number of aliphatic hydroxyl groups is 3. The molecule has 0 aromatic rings. The van der Waals surface area contributed by atoms with Crippen LogP contribution in [0, 0.1) is 41.4 Å². The lowest BCUT2D eigenvalue weighted by molar-refractivity contribution is -0.140. The minimum Gasteiger partial charge on any atom is -0.393 e. The van der Waals surface area contributed by atoms with Crippen molar-refractivity contribution in [2.75, 3.05) is 19.8 Å². The van der Waals surface area contributed by atoms with Gasteiger partial charge in [-0.1, -0.05) is 40.5 Å². The van der Waals surface area contributed by atoms with Crippen molar-refractivity contribution in [1.29, 1.82) is 0 Å². The average Bonchev–Trinajstić information content (AvgIpc) is 2.71. The lowest BCUT2D eigenvalue weighted by Crippen LogP contribution is -2.48. The zero-order chi connectivity index (χ0) is 21.8. The van der Waals surface area contributed by atoms with Crippen molar-refractivity contribution in [3.63, 3.8) is 0 Å². The van der Waals surface area contributed by atoms with Gasteiger partial charge in [0.1, 0.15) is 0 Å². The molecule has 2 aliphatic heterocycles. The molecule has 30 heavy (non-hydrogen) atoms. The van der Waals surface area contributed by atoms with E-state index in [1.807, 2.05) is 0 Å². The van der Waals surface area contributed by atoms with Gasteiger partial charge in [0.25, 0.3) is 0 Å². The number of hydrogen-bond donors (Lipinski definition) is 3. The first-order valence-electron chi connectivity index (χ1n) is 12.5. The molecule has 1 saturated carbocycles. The van der Waals surface area contributed by atoms with Crippen molar-refractivity contribution in [3.8, 4) is 0 Å². The summed E-state index contributed by atoms with van der Waals surface area (Å²) in [5.74, 6) is 1.91. The second-order valence-electron chi connectivity index (χ2n) is 11.0. The molecule has 3 fully saturated rings. The van der Waals surface area contributed by atoms with Gasteiger partial charge in [0.05, 0.1) is 37.6 Å². The SMILES string of the molecule is CC(C)C1CCOC(CC(C)C2COCC(CC(C)C3CCCCC3O)C2O)C1O. The third-order valence-electron chi connectivity index (χ3n) is 8.54. The molecule has 3 N–H and O–H groups in total. The van der Waals surface area contributed by atoms with Gasteiger partial charge in [-0.25, -0.2) is 0 Å². The number of rotatable bonds is 7. The van der Waals surface area contributed by atoms with Crippen LogP contribution in [0.5, 0.6) is 0 Å². The summed E-state index contributed by atoms with van der Waals surface area (Å²) in [6, 6.07) is 0. The van der Waals surface area contributed by atoms with Crippen LogP contribution in [-0.2, 0) is 9.47 Å². The van der Waals surface area contributed by atoms with Crippen molar-refractivity contribution in [2.45, 2.75) is 97.1 Å². The molecule has 0 spiro atoms. The van der Waals surface area contributed by atoms with Crippen LogP contribution >= 0.6 is 0 Å². The summed E-state index contributed by atoms with van der Waals surface area (Å²) in [5, 5.41) is 32.4. The first kappa shape index (κ1) is 24.4. The highest BCUT2D eigenvalue weighted by molar-refractivity contribution is 4.90. The quantitative estimate of drug-likeness (QED) is 0.579. The monoisotopic (exact) mass is 426 g/mol. The van der Waals surface area contributed by atoms with Gasteiger partial charge in [-0.2, -0.15) is 0 Å². The van der Waals surface area contributed by atoms with Crippen molar-refractivity contribution in [2.24, 2.45) is 41.4 Å². The molecule has 5 nitrogen and oxygen atoms in total. The third kappa shape index (κ3) is 5.78. The first-order chi connectivity index (χ1) is 14.3. The van der Waals surface area contributed by atoms with E-state index in [-0.39, 0.29) is 30.0 Å². The zero-order valence-electron chi connectivity index (χ0n) is 19.6. The number of aliphatic hydroxyl groups excluding tert-OH is 3. The van der Waals surface area contributed by atoms with Gasteiger partial charge in [-0.3, -0.25) is 0 Å². The van der Waals surface area contributed by atoms with Gasteiger partial charge in [0, 0.05) is 18.4 Å². The molecule has 0 aromatic carbocycles. The normalized spacial score (nSPS) is 42.8. The molecule has 3 rings (SSSR count). The Hall–Kier alpha value is -0.200. The Morgan fingerprint density at radius 3 is 2.17 bits per heavy atom. The number of ether oxygens (including phenoxy) is 2. The van der Waals surface area contributed by atoms with Crippen LogP contribution in [0.4, 0.5) is 0 Å². The lowest BCUT2D eigenvalue weighted by atomic mass is 9.71. The standard InChI is InChI=1S/C25H46O5/c1-15(2)19-9-10-30-23(25(19)28)12-17(4)21-14-29-13-18(24(21)27)11-16(3)20-7-5-6-8-22(20)26/h15-28H,5-14H2,1-4H3. The van der Waals surface area contributed by atoms with Crippen LogP contribution < -0.4 is 0 Å². The molecule has 0 amide bonds. The van der Waals surface area contributed by atoms with Gasteiger partial charge >= 0.3 is 0 Å². The molecule has 1 aliphatic carbocycles. The fourth-order valence-corrected chi connectivity index (χ4v) is 6.44. The molecule has 5 heteroatoms. The maximum absolute atomic E-state index is 11.2. The maximum Gasteiger partial charge on any atom is 0.0839 e. The minimum atomic E-state index is -0.425. The van der Waals surface area contributed by atoms with E-state index in [9.17, 15) is 15.3 Å².